The third-order valence-electron chi connectivity index (χ3n) is 4.26. The number of hydrogen-bond donors (Lipinski definition) is 1. The van der Waals surface area contributed by atoms with E-state index in [4.69, 9.17) is 11.6 Å². The number of halogens is 2. The molecule has 2 fully saturated rings. The van der Waals surface area contributed by atoms with Gasteiger partial charge in [-0.3, -0.25) is 4.79 Å². The van der Waals surface area contributed by atoms with Crippen LogP contribution in [0.25, 0.3) is 0 Å². The van der Waals surface area contributed by atoms with E-state index in [9.17, 15) is 4.79 Å². The maximum absolute atomic E-state index is 12.3. The Labute approximate surface area is 120 Å². The summed E-state index contributed by atoms with van der Waals surface area (Å²) in [6.45, 7) is 0. The second kappa shape index (κ2) is 4.86. The molecular formula is C14H15BrClNO. The molecule has 4 heteroatoms. The van der Waals surface area contributed by atoms with E-state index in [0.717, 1.165) is 22.5 Å². The number of benzene rings is 1. The van der Waals surface area contributed by atoms with Crippen LogP contribution in [-0.4, -0.2) is 5.91 Å². The number of amides is 1. The van der Waals surface area contributed by atoms with Gasteiger partial charge in [0.15, 0.2) is 0 Å². The zero-order valence-electron chi connectivity index (χ0n) is 9.96. The fourth-order valence-electron chi connectivity index (χ4n) is 3.38. The highest BCUT2D eigenvalue weighted by molar-refractivity contribution is 9.10. The van der Waals surface area contributed by atoms with Gasteiger partial charge in [-0.25, -0.2) is 0 Å². The van der Waals surface area contributed by atoms with E-state index in [2.05, 4.69) is 21.2 Å². The zero-order chi connectivity index (χ0) is 12.7. The van der Waals surface area contributed by atoms with E-state index >= 15 is 0 Å². The molecule has 1 N–H and O–H groups in total. The van der Waals surface area contributed by atoms with Crippen LogP contribution in [0.2, 0.25) is 5.02 Å². The highest BCUT2D eigenvalue weighted by Crippen LogP contribution is 2.48. The highest BCUT2D eigenvalue weighted by Gasteiger charge is 2.43. The Morgan fingerprint density at radius 2 is 2.17 bits per heavy atom. The highest BCUT2D eigenvalue weighted by atomic mass is 79.9. The molecule has 0 aromatic heterocycles. The SMILES string of the molecule is O=C(Nc1cc(Cl)ccc1Br)C1CC2CCC1C2. The first-order valence-corrected chi connectivity index (χ1v) is 7.56. The van der Waals surface area contributed by atoms with Gasteiger partial charge in [-0.1, -0.05) is 18.0 Å². The molecule has 1 aromatic rings. The van der Waals surface area contributed by atoms with Crippen LogP contribution in [0, 0.1) is 17.8 Å². The van der Waals surface area contributed by atoms with Gasteiger partial charge in [0.2, 0.25) is 5.91 Å². The molecule has 0 spiro atoms. The first-order chi connectivity index (χ1) is 8.63. The monoisotopic (exact) mass is 327 g/mol. The normalized spacial score (nSPS) is 29.6. The number of rotatable bonds is 2. The molecule has 2 aliphatic carbocycles. The summed E-state index contributed by atoms with van der Waals surface area (Å²) in [4.78, 5) is 12.3. The van der Waals surface area contributed by atoms with Crippen molar-refractivity contribution < 1.29 is 4.79 Å². The largest absolute Gasteiger partial charge is 0.325 e. The van der Waals surface area contributed by atoms with E-state index in [0.29, 0.717) is 10.9 Å². The van der Waals surface area contributed by atoms with Crippen molar-refractivity contribution in [1.82, 2.24) is 0 Å². The lowest BCUT2D eigenvalue weighted by molar-refractivity contribution is -0.121. The van der Waals surface area contributed by atoms with Crippen molar-refractivity contribution in [2.75, 3.05) is 5.32 Å². The Morgan fingerprint density at radius 1 is 1.33 bits per heavy atom. The minimum Gasteiger partial charge on any atom is -0.325 e. The molecule has 2 saturated carbocycles. The topological polar surface area (TPSA) is 29.1 Å². The van der Waals surface area contributed by atoms with Crippen LogP contribution in [0.3, 0.4) is 0 Å². The van der Waals surface area contributed by atoms with Crippen molar-refractivity contribution in [1.29, 1.82) is 0 Å². The minimum atomic E-state index is 0.158. The maximum Gasteiger partial charge on any atom is 0.227 e. The molecular weight excluding hydrogens is 314 g/mol. The van der Waals surface area contributed by atoms with E-state index in [-0.39, 0.29) is 11.8 Å². The number of carbonyl (C=O) groups excluding carboxylic acids is 1. The molecule has 3 atom stereocenters. The average Bonchev–Trinajstić information content (AvgIpc) is 2.96. The van der Waals surface area contributed by atoms with Gasteiger partial charge >= 0.3 is 0 Å². The predicted octanol–water partition coefficient (Wildman–Crippen LogP) is 4.48. The number of fused-ring (bicyclic) bond motifs is 2. The van der Waals surface area contributed by atoms with Crippen LogP contribution in [0.4, 0.5) is 5.69 Å². The van der Waals surface area contributed by atoms with Gasteiger partial charge in [-0.05, 0) is 65.2 Å². The van der Waals surface area contributed by atoms with Gasteiger partial charge in [0.05, 0.1) is 5.69 Å². The predicted molar refractivity (Wildman–Crippen MR) is 76.7 cm³/mol. The first kappa shape index (κ1) is 12.5. The Hall–Kier alpha value is -0.540. The molecule has 0 aliphatic heterocycles. The summed E-state index contributed by atoms with van der Waals surface area (Å²) in [7, 11) is 0. The van der Waals surface area contributed by atoms with Crippen LogP contribution in [0.15, 0.2) is 22.7 Å². The van der Waals surface area contributed by atoms with Crippen molar-refractivity contribution in [2.45, 2.75) is 25.7 Å². The number of hydrogen-bond acceptors (Lipinski definition) is 1. The molecule has 1 amide bonds. The van der Waals surface area contributed by atoms with Gasteiger partial charge < -0.3 is 5.32 Å². The summed E-state index contributed by atoms with van der Waals surface area (Å²) >= 11 is 9.39. The van der Waals surface area contributed by atoms with E-state index in [1.165, 1.54) is 19.3 Å². The minimum absolute atomic E-state index is 0.158. The summed E-state index contributed by atoms with van der Waals surface area (Å²) in [5.41, 5.74) is 0.773. The fourth-order valence-corrected chi connectivity index (χ4v) is 3.90. The van der Waals surface area contributed by atoms with Crippen LogP contribution >= 0.6 is 27.5 Å². The third kappa shape index (κ3) is 2.30. The van der Waals surface area contributed by atoms with Gasteiger partial charge in [-0.15, -0.1) is 0 Å². The Bertz CT molecular complexity index is 491. The third-order valence-corrected chi connectivity index (χ3v) is 5.19. The van der Waals surface area contributed by atoms with Crippen molar-refractivity contribution in [2.24, 2.45) is 17.8 Å². The van der Waals surface area contributed by atoms with Crippen molar-refractivity contribution in [3.63, 3.8) is 0 Å². The summed E-state index contributed by atoms with van der Waals surface area (Å²) in [5.74, 6) is 1.75. The van der Waals surface area contributed by atoms with Crippen molar-refractivity contribution in [3.8, 4) is 0 Å². The van der Waals surface area contributed by atoms with E-state index < -0.39 is 0 Å². The standard InChI is InChI=1S/C14H15BrClNO/c15-12-4-3-10(16)7-13(12)17-14(18)11-6-8-1-2-9(11)5-8/h3-4,7-9,11H,1-2,5-6H2,(H,17,18). The van der Waals surface area contributed by atoms with Crippen LogP contribution in [0.5, 0.6) is 0 Å². The zero-order valence-corrected chi connectivity index (χ0v) is 12.3. The summed E-state index contributed by atoms with van der Waals surface area (Å²) < 4.78 is 0.878. The first-order valence-electron chi connectivity index (χ1n) is 6.39. The van der Waals surface area contributed by atoms with Gasteiger partial charge in [0.25, 0.3) is 0 Å². The quantitative estimate of drug-likeness (QED) is 0.852. The van der Waals surface area contributed by atoms with Crippen molar-refractivity contribution >= 4 is 39.1 Å². The molecule has 2 nitrogen and oxygen atoms in total. The second-order valence-electron chi connectivity index (χ2n) is 5.39. The molecule has 96 valence electrons. The molecule has 0 heterocycles. The molecule has 1 aromatic carbocycles. The van der Waals surface area contributed by atoms with Gasteiger partial charge in [0.1, 0.15) is 0 Å². The van der Waals surface area contributed by atoms with E-state index in [1.54, 1.807) is 12.1 Å². The molecule has 2 aliphatic rings. The van der Waals surface area contributed by atoms with Crippen LogP contribution in [0.1, 0.15) is 25.7 Å². The van der Waals surface area contributed by atoms with Crippen LogP contribution < -0.4 is 5.32 Å². The molecule has 3 rings (SSSR count). The number of carbonyl (C=O) groups is 1. The average molecular weight is 329 g/mol. The Kier molecular flexibility index (Phi) is 3.37. The second-order valence-corrected chi connectivity index (χ2v) is 6.69. The number of nitrogens with one attached hydrogen (secondary N) is 1. The van der Waals surface area contributed by atoms with Gasteiger partial charge in [0, 0.05) is 15.4 Å². The maximum atomic E-state index is 12.3. The molecule has 3 unspecified atom stereocenters. The lowest BCUT2D eigenvalue weighted by Gasteiger charge is -2.21. The number of anilines is 1. The summed E-state index contributed by atoms with van der Waals surface area (Å²) in [5, 5.41) is 3.65. The summed E-state index contributed by atoms with van der Waals surface area (Å²) in [6, 6.07) is 5.45. The van der Waals surface area contributed by atoms with Crippen molar-refractivity contribution in [3.05, 3.63) is 27.7 Å². The lowest BCUT2D eigenvalue weighted by Crippen LogP contribution is -2.27. The summed E-state index contributed by atoms with van der Waals surface area (Å²) in [6.07, 6.45) is 4.85. The Balaban J connectivity index is 1.72. The molecule has 18 heavy (non-hydrogen) atoms. The van der Waals surface area contributed by atoms with Crippen LogP contribution in [-0.2, 0) is 4.79 Å². The van der Waals surface area contributed by atoms with E-state index in [1.807, 2.05) is 6.07 Å². The van der Waals surface area contributed by atoms with Gasteiger partial charge in [-0.2, -0.15) is 0 Å². The fraction of sp³-hybridized carbons (Fsp3) is 0.500. The Morgan fingerprint density at radius 3 is 2.83 bits per heavy atom. The molecule has 0 saturated heterocycles. The molecule has 2 bridgehead atoms. The lowest BCUT2D eigenvalue weighted by atomic mass is 9.88. The smallest absolute Gasteiger partial charge is 0.227 e. The molecule has 0 radical (unpaired) electrons.